The van der Waals surface area contributed by atoms with Crippen LogP contribution in [0.5, 0.6) is 23.0 Å². The van der Waals surface area contributed by atoms with E-state index < -0.39 is 0 Å². The molecular weight excluding hydrogens is 410 g/mol. The molecule has 0 bridgehead atoms. The van der Waals surface area contributed by atoms with E-state index in [0.29, 0.717) is 51.9 Å². The van der Waals surface area contributed by atoms with Gasteiger partial charge in [0, 0.05) is 16.6 Å². The molecule has 5 nitrogen and oxygen atoms in total. The first-order chi connectivity index (χ1) is 13.2. The van der Waals surface area contributed by atoms with Gasteiger partial charge in [0.15, 0.2) is 11.5 Å². The van der Waals surface area contributed by atoms with E-state index in [-0.39, 0.29) is 5.91 Å². The molecule has 0 saturated heterocycles. The minimum absolute atomic E-state index is 0.279. The van der Waals surface area contributed by atoms with E-state index in [1.807, 2.05) is 36.4 Å². The van der Waals surface area contributed by atoms with Crippen molar-refractivity contribution < 1.29 is 19.0 Å². The lowest BCUT2D eigenvalue weighted by atomic mass is 10.1. The number of fused-ring (bicyclic) bond motifs is 1. The van der Waals surface area contributed by atoms with Gasteiger partial charge in [-0.2, -0.15) is 0 Å². The summed E-state index contributed by atoms with van der Waals surface area (Å²) in [5, 5.41) is 2.90. The van der Waals surface area contributed by atoms with Crippen LogP contribution >= 0.6 is 15.9 Å². The topological polar surface area (TPSA) is 56.8 Å². The lowest BCUT2D eigenvalue weighted by molar-refractivity contribution is 0.102. The second-order valence-electron chi connectivity index (χ2n) is 5.84. The average Bonchev–Trinajstić information content (AvgIpc) is 2.70. The first kappa shape index (κ1) is 17.4. The molecule has 0 radical (unpaired) electrons. The molecule has 1 aliphatic heterocycles. The number of halogens is 1. The molecule has 0 unspecified atom stereocenters. The van der Waals surface area contributed by atoms with E-state index >= 15 is 0 Å². The Hall–Kier alpha value is -2.99. The van der Waals surface area contributed by atoms with Crippen molar-refractivity contribution in [2.45, 2.75) is 0 Å². The molecule has 1 N–H and O–H groups in total. The van der Waals surface area contributed by atoms with Crippen LogP contribution in [-0.2, 0) is 0 Å². The van der Waals surface area contributed by atoms with Crippen molar-refractivity contribution in [3.05, 3.63) is 76.8 Å². The molecule has 3 aromatic rings. The molecule has 1 aliphatic rings. The third-order valence-electron chi connectivity index (χ3n) is 3.98. The Labute approximate surface area is 165 Å². The Morgan fingerprint density at radius 1 is 0.926 bits per heavy atom. The highest BCUT2D eigenvalue weighted by Crippen LogP contribution is 2.38. The number of hydrogen-bond acceptors (Lipinski definition) is 4. The third-order valence-corrected chi connectivity index (χ3v) is 4.64. The summed E-state index contributed by atoms with van der Waals surface area (Å²) < 4.78 is 17.7. The van der Waals surface area contributed by atoms with Crippen LogP contribution in [0.3, 0.4) is 0 Å². The van der Waals surface area contributed by atoms with Crippen molar-refractivity contribution >= 4 is 27.5 Å². The van der Waals surface area contributed by atoms with Crippen LogP contribution in [0, 0.1) is 0 Å². The molecule has 6 heteroatoms. The van der Waals surface area contributed by atoms with Crippen molar-refractivity contribution in [3.63, 3.8) is 0 Å². The number of rotatable bonds is 4. The number of hydrogen-bond donors (Lipinski definition) is 1. The Kier molecular flexibility index (Phi) is 4.98. The molecule has 4 rings (SSSR count). The van der Waals surface area contributed by atoms with E-state index in [1.54, 1.807) is 30.3 Å². The van der Waals surface area contributed by atoms with Gasteiger partial charge in [-0.1, -0.05) is 30.3 Å². The van der Waals surface area contributed by atoms with Gasteiger partial charge in [0.05, 0.1) is 11.3 Å². The minimum atomic E-state index is -0.279. The largest absolute Gasteiger partial charge is 0.486 e. The fraction of sp³-hybridized carbons (Fsp3) is 0.0952. The van der Waals surface area contributed by atoms with Crippen LogP contribution in [0.1, 0.15) is 10.4 Å². The smallest absolute Gasteiger partial charge is 0.259 e. The van der Waals surface area contributed by atoms with Gasteiger partial charge in [0.25, 0.3) is 5.91 Å². The molecule has 0 atom stereocenters. The maximum absolute atomic E-state index is 12.9. The molecule has 3 aromatic carbocycles. The van der Waals surface area contributed by atoms with Crippen molar-refractivity contribution in [3.8, 4) is 23.0 Å². The van der Waals surface area contributed by atoms with Gasteiger partial charge < -0.3 is 19.5 Å². The molecule has 0 spiro atoms. The Morgan fingerprint density at radius 2 is 1.59 bits per heavy atom. The second kappa shape index (κ2) is 7.72. The van der Waals surface area contributed by atoms with Crippen LogP contribution in [-0.4, -0.2) is 19.1 Å². The zero-order valence-electron chi connectivity index (χ0n) is 14.3. The van der Waals surface area contributed by atoms with Gasteiger partial charge in [-0.25, -0.2) is 0 Å². The lowest BCUT2D eigenvalue weighted by Crippen LogP contribution is -2.17. The molecule has 136 valence electrons. The van der Waals surface area contributed by atoms with Gasteiger partial charge in [-0.15, -0.1) is 0 Å². The number of para-hydroxylation sites is 2. The monoisotopic (exact) mass is 425 g/mol. The molecule has 0 fully saturated rings. The first-order valence-electron chi connectivity index (χ1n) is 8.43. The van der Waals surface area contributed by atoms with E-state index in [4.69, 9.17) is 14.2 Å². The number of nitrogens with one attached hydrogen (secondary N) is 1. The van der Waals surface area contributed by atoms with E-state index in [2.05, 4.69) is 21.2 Å². The fourth-order valence-corrected chi connectivity index (χ4v) is 3.13. The SMILES string of the molecule is O=C(Nc1cc2c(cc1Br)OCCO2)c1ccccc1Oc1ccccc1. The summed E-state index contributed by atoms with van der Waals surface area (Å²) in [4.78, 5) is 12.9. The molecule has 0 aliphatic carbocycles. The summed E-state index contributed by atoms with van der Waals surface area (Å²) in [6.07, 6.45) is 0. The second-order valence-corrected chi connectivity index (χ2v) is 6.70. The summed E-state index contributed by atoms with van der Waals surface area (Å²) in [6.45, 7) is 0.991. The maximum atomic E-state index is 12.9. The summed E-state index contributed by atoms with van der Waals surface area (Å²) in [6, 6.07) is 20.0. The zero-order valence-corrected chi connectivity index (χ0v) is 15.9. The lowest BCUT2D eigenvalue weighted by Gasteiger charge is -2.20. The molecular formula is C21H16BrNO4. The zero-order chi connectivity index (χ0) is 18.6. The summed E-state index contributed by atoms with van der Waals surface area (Å²) in [5.41, 5.74) is 1.03. The van der Waals surface area contributed by atoms with Crippen LogP contribution < -0.4 is 19.5 Å². The third kappa shape index (κ3) is 3.90. The predicted molar refractivity (Wildman–Crippen MR) is 106 cm³/mol. The Balaban J connectivity index is 1.59. The molecule has 1 heterocycles. The normalized spacial score (nSPS) is 12.3. The highest BCUT2D eigenvalue weighted by molar-refractivity contribution is 9.10. The van der Waals surface area contributed by atoms with Crippen molar-refractivity contribution in [1.82, 2.24) is 0 Å². The van der Waals surface area contributed by atoms with Crippen LogP contribution in [0.4, 0.5) is 5.69 Å². The first-order valence-corrected chi connectivity index (χ1v) is 9.22. The molecule has 0 saturated carbocycles. The number of carbonyl (C=O) groups excluding carboxylic acids is 1. The quantitative estimate of drug-likeness (QED) is 0.618. The van der Waals surface area contributed by atoms with Gasteiger partial charge in [-0.05, 0) is 40.2 Å². The van der Waals surface area contributed by atoms with E-state index in [1.165, 1.54) is 0 Å². The summed E-state index contributed by atoms with van der Waals surface area (Å²) >= 11 is 3.47. The van der Waals surface area contributed by atoms with Crippen LogP contribution in [0.15, 0.2) is 71.2 Å². The Morgan fingerprint density at radius 3 is 2.37 bits per heavy atom. The maximum Gasteiger partial charge on any atom is 0.259 e. The Bertz CT molecular complexity index is 975. The van der Waals surface area contributed by atoms with Crippen molar-refractivity contribution in [2.75, 3.05) is 18.5 Å². The number of ether oxygens (including phenoxy) is 3. The van der Waals surface area contributed by atoms with Crippen molar-refractivity contribution in [2.24, 2.45) is 0 Å². The highest BCUT2D eigenvalue weighted by Gasteiger charge is 2.18. The number of anilines is 1. The number of benzene rings is 3. The van der Waals surface area contributed by atoms with Gasteiger partial charge in [-0.3, -0.25) is 4.79 Å². The van der Waals surface area contributed by atoms with Crippen LogP contribution in [0.2, 0.25) is 0 Å². The van der Waals surface area contributed by atoms with Gasteiger partial charge in [0.2, 0.25) is 0 Å². The molecule has 0 aromatic heterocycles. The fourth-order valence-electron chi connectivity index (χ4n) is 2.71. The van der Waals surface area contributed by atoms with Crippen molar-refractivity contribution in [1.29, 1.82) is 0 Å². The predicted octanol–water partition coefficient (Wildman–Crippen LogP) is 5.26. The summed E-state index contributed by atoms with van der Waals surface area (Å²) in [7, 11) is 0. The molecule has 27 heavy (non-hydrogen) atoms. The van der Waals surface area contributed by atoms with Gasteiger partial charge in [0.1, 0.15) is 24.7 Å². The summed E-state index contributed by atoms with van der Waals surface area (Å²) in [5.74, 6) is 2.12. The van der Waals surface area contributed by atoms with E-state index in [0.717, 1.165) is 0 Å². The van der Waals surface area contributed by atoms with Crippen LogP contribution in [0.25, 0.3) is 0 Å². The standard InChI is InChI=1S/C21H16BrNO4/c22-16-12-19-20(26-11-10-25-19)13-17(16)23-21(24)15-8-4-5-9-18(15)27-14-6-2-1-3-7-14/h1-9,12-13H,10-11H2,(H,23,24). The molecule has 1 amide bonds. The highest BCUT2D eigenvalue weighted by atomic mass is 79.9. The number of amides is 1. The number of carbonyl (C=O) groups is 1. The van der Waals surface area contributed by atoms with E-state index in [9.17, 15) is 4.79 Å². The van der Waals surface area contributed by atoms with Gasteiger partial charge >= 0.3 is 0 Å². The minimum Gasteiger partial charge on any atom is -0.486 e. The average molecular weight is 426 g/mol.